The van der Waals surface area contributed by atoms with Crippen LogP contribution in [0.1, 0.15) is 11.1 Å². The molecule has 8 nitrogen and oxygen atoms in total. The number of para-hydroxylation sites is 2. The summed E-state index contributed by atoms with van der Waals surface area (Å²) in [6, 6.07) is 28.8. The third-order valence-electron chi connectivity index (χ3n) is 5.68. The molecule has 0 fully saturated rings. The molecule has 0 saturated carbocycles. The van der Waals surface area contributed by atoms with E-state index in [-0.39, 0.29) is 5.69 Å². The Morgan fingerprint density at radius 3 is 2.21 bits per heavy atom. The number of nitro groups is 1. The topological polar surface area (TPSA) is 110 Å². The van der Waals surface area contributed by atoms with E-state index in [0.717, 1.165) is 38.2 Å². The van der Waals surface area contributed by atoms with E-state index >= 15 is 0 Å². The number of aryl methyl sites for hydroxylation is 1. The van der Waals surface area contributed by atoms with E-state index in [4.69, 9.17) is 0 Å². The number of hydrogen-bond donors (Lipinski definition) is 1. The molecule has 4 aromatic carbocycles. The SMILES string of the molecule is Cc1cc(CSc2ccccc2)ccc1NC(=O)CN(c1ccccc1)S(=O)(=O)c1ccccc1[N+](=O)[O-]. The van der Waals surface area contributed by atoms with Gasteiger partial charge >= 0.3 is 0 Å². The van der Waals surface area contributed by atoms with E-state index in [0.29, 0.717) is 5.69 Å². The molecule has 0 heterocycles. The molecule has 1 N–H and O–H groups in total. The number of benzene rings is 4. The largest absolute Gasteiger partial charge is 0.324 e. The summed E-state index contributed by atoms with van der Waals surface area (Å²) in [7, 11) is -4.44. The molecule has 10 heteroatoms. The zero-order valence-electron chi connectivity index (χ0n) is 20.5. The van der Waals surface area contributed by atoms with Gasteiger partial charge in [-0.3, -0.25) is 19.2 Å². The lowest BCUT2D eigenvalue weighted by Gasteiger charge is -2.24. The average Bonchev–Trinajstić information content (AvgIpc) is 2.93. The molecule has 194 valence electrons. The third kappa shape index (κ3) is 6.39. The third-order valence-corrected chi connectivity index (χ3v) is 8.58. The van der Waals surface area contributed by atoms with Crippen LogP contribution in [0.5, 0.6) is 0 Å². The van der Waals surface area contributed by atoms with Crippen LogP contribution in [0.4, 0.5) is 17.1 Å². The maximum atomic E-state index is 13.6. The smallest absolute Gasteiger partial charge is 0.289 e. The summed E-state index contributed by atoms with van der Waals surface area (Å²) >= 11 is 1.70. The minimum atomic E-state index is -4.44. The fourth-order valence-corrected chi connectivity index (χ4v) is 6.26. The van der Waals surface area contributed by atoms with Gasteiger partial charge in [0.15, 0.2) is 4.90 Å². The highest BCUT2D eigenvalue weighted by Crippen LogP contribution is 2.30. The van der Waals surface area contributed by atoms with Crippen molar-refractivity contribution < 1.29 is 18.1 Å². The molecule has 0 aliphatic carbocycles. The van der Waals surface area contributed by atoms with Gasteiger partial charge in [-0.15, -0.1) is 11.8 Å². The predicted octanol–water partition coefficient (Wildman–Crippen LogP) is 6.03. The van der Waals surface area contributed by atoms with Crippen molar-refractivity contribution in [3.63, 3.8) is 0 Å². The van der Waals surface area contributed by atoms with Gasteiger partial charge in [0.25, 0.3) is 15.7 Å². The quantitative estimate of drug-likeness (QED) is 0.147. The van der Waals surface area contributed by atoms with Crippen molar-refractivity contribution in [3.8, 4) is 0 Å². The van der Waals surface area contributed by atoms with Crippen LogP contribution < -0.4 is 9.62 Å². The Hall–Kier alpha value is -4.15. The summed E-state index contributed by atoms with van der Waals surface area (Å²) in [6.07, 6.45) is 0. The number of hydrogen-bond acceptors (Lipinski definition) is 6. The normalized spacial score (nSPS) is 11.1. The van der Waals surface area contributed by atoms with Crippen LogP contribution in [0.2, 0.25) is 0 Å². The van der Waals surface area contributed by atoms with Crippen molar-refractivity contribution >= 4 is 44.8 Å². The van der Waals surface area contributed by atoms with Crippen LogP contribution in [0.25, 0.3) is 0 Å². The van der Waals surface area contributed by atoms with Gasteiger partial charge in [0, 0.05) is 22.4 Å². The Bertz CT molecular complexity index is 1550. The van der Waals surface area contributed by atoms with Gasteiger partial charge < -0.3 is 5.32 Å². The van der Waals surface area contributed by atoms with Crippen molar-refractivity contribution in [2.75, 3.05) is 16.2 Å². The summed E-state index contributed by atoms with van der Waals surface area (Å²) in [6.45, 7) is 1.30. The Labute approximate surface area is 225 Å². The van der Waals surface area contributed by atoms with E-state index < -0.39 is 38.0 Å². The van der Waals surface area contributed by atoms with E-state index in [1.807, 2.05) is 49.4 Å². The molecule has 0 unspecified atom stereocenters. The van der Waals surface area contributed by atoms with Gasteiger partial charge in [0.05, 0.1) is 10.6 Å². The van der Waals surface area contributed by atoms with Crippen molar-refractivity contribution in [2.24, 2.45) is 0 Å². The number of sulfonamides is 1. The molecule has 0 aromatic heterocycles. The van der Waals surface area contributed by atoms with Crippen molar-refractivity contribution in [2.45, 2.75) is 22.5 Å². The van der Waals surface area contributed by atoms with Gasteiger partial charge in [0.2, 0.25) is 5.91 Å². The first-order chi connectivity index (χ1) is 18.3. The number of nitrogens with one attached hydrogen (secondary N) is 1. The lowest BCUT2D eigenvalue weighted by atomic mass is 10.1. The molecule has 0 radical (unpaired) electrons. The predicted molar refractivity (Wildman–Crippen MR) is 150 cm³/mol. The van der Waals surface area contributed by atoms with Gasteiger partial charge in [-0.05, 0) is 54.4 Å². The molecule has 0 spiro atoms. The van der Waals surface area contributed by atoms with E-state index in [1.165, 1.54) is 24.3 Å². The van der Waals surface area contributed by atoms with Crippen molar-refractivity contribution in [3.05, 3.63) is 124 Å². The Morgan fingerprint density at radius 2 is 1.55 bits per heavy atom. The number of anilines is 2. The highest BCUT2D eigenvalue weighted by molar-refractivity contribution is 7.98. The van der Waals surface area contributed by atoms with Crippen LogP contribution in [0, 0.1) is 17.0 Å². The summed E-state index contributed by atoms with van der Waals surface area (Å²) in [5.41, 5.74) is 2.12. The average molecular weight is 548 g/mol. The lowest BCUT2D eigenvalue weighted by molar-refractivity contribution is -0.387. The summed E-state index contributed by atoms with van der Waals surface area (Å²) < 4.78 is 28.1. The highest BCUT2D eigenvalue weighted by atomic mass is 32.2. The zero-order valence-corrected chi connectivity index (χ0v) is 22.1. The molecular formula is C28H25N3O5S2. The number of nitrogens with zero attached hydrogens (tertiary/aromatic N) is 2. The van der Waals surface area contributed by atoms with Gasteiger partial charge in [-0.1, -0.05) is 60.7 Å². The van der Waals surface area contributed by atoms with E-state index in [1.54, 1.807) is 36.0 Å². The van der Waals surface area contributed by atoms with Crippen molar-refractivity contribution in [1.29, 1.82) is 0 Å². The minimum Gasteiger partial charge on any atom is -0.324 e. The number of amides is 1. The maximum Gasteiger partial charge on any atom is 0.289 e. The monoisotopic (exact) mass is 547 g/mol. The van der Waals surface area contributed by atoms with E-state index in [2.05, 4.69) is 5.32 Å². The number of rotatable bonds is 10. The molecule has 0 bridgehead atoms. The second-order valence-electron chi connectivity index (χ2n) is 8.37. The fourth-order valence-electron chi connectivity index (χ4n) is 3.81. The molecule has 0 saturated heterocycles. The first kappa shape index (κ1) is 26.9. The maximum absolute atomic E-state index is 13.6. The van der Waals surface area contributed by atoms with Crippen LogP contribution in [0.15, 0.2) is 113 Å². The first-order valence-corrected chi connectivity index (χ1v) is 14.1. The molecule has 0 aliphatic rings. The van der Waals surface area contributed by atoms with Crippen molar-refractivity contribution in [1.82, 2.24) is 0 Å². The fraction of sp³-hybridized carbons (Fsp3) is 0.107. The van der Waals surface area contributed by atoms with Crippen LogP contribution in [-0.4, -0.2) is 25.8 Å². The van der Waals surface area contributed by atoms with Gasteiger partial charge in [-0.2, -0.15) is 0 Å². The van der Waals surface area contributed by atoms with Crippen LogP contribution in [-0.2, 0) is 20.6 Å². The molecule has 4 rings (SSSR count). The second kappa shape index (κ2) is 11.9. The number of nitro benzene ring substituents is 1. The standard InChI is InChI=1S/C28H25N3O5S2/c1-21-18-22(20-37-24-12-6-3-7-13-24)16-17-25(21)29-28(32)19-30(23-10-4-2-5-11-23)38(35,36)27-15-9-8-14-26(27)31(33)34/h2-18H,19-20H2,1H3,(H,29,32). The highest BCUT2D eigenvalue weighted by Gasteiger charge is 2.33. The summed E-state index contributed by atoms with van der Waals surface area (Å²) in [5.74, 6) is 0.181. The van der Waals surface area contributed by atoms with Crippen LogP contribution >= 0.6 is 11.8 Å². The second-order valence-corrected chi connectivity index (χ2v) is 11.3. The molecule has 0 aliphatic heterocycles. The summed E-state index contributed by atoms with van der Waals surface area (Å²) in [4.78, 5) is 24.5. The van der Waals surface area contributed by atoms with Gasteiger partial charge in [0.1, 0.15) is 6.54 Å². The first-order valence-electron chi connectivity index (χ1n) is 11.6. The lowest BCUT2D eigenvalue weighted by Crippen LogP contribution is -2.38. The summed E-state index contributed by atoms with van der Waals surface area (Å²) in [5, 5.41) is 14.3. The Kier molecular flexibility index (Phi) is 8.45. The molecule has 4 aromatic rings. The van der Waals surface area contributed by atoms with Gasteiger partial charge in [-0.25, -0.2) is 8.42 Å². The zero-order chi connectivity index (χ0) is 27.1. The molecular weight excluding hydrogens is 522 g/mol. The van der Waals surface area contributed by atoms with Crippen LogP contribution in [0.3, 0.4) is 0 Å². The Balaban J connectivity index is 1.54. The molecule has 1 amide bonds. The Morgan fingerprint density at radius 1 is 0.921 bits per heavy atom. The number of carbonyl (C=O) groups excluding carboxylic acids is 1. The molecule has 38 heavy (non-hydrogen) atoms. The number of thioether (sulfide) groups is 1. The molecule has 0 atom stereocenters. The van der Waals surface area contributed by atoms with E-state index in [9.17, 15) is 23.3 Å². The number of carbonyl (C=O) groups is 1. The minimum absolute atomic E-state index is 0.214.